The highest BCUT2D eigenvalue weighted by molar-refractivity contribution is 7.89. The van der Waals surface area contributed by atoms with E-state index in [-0.39, 0.29) is 11.6 Å². The summed E-state index contributed by atoms with van der Waals surface area (Å²) in [7, 11) is -2.08. The predicted octanol–water partition coefficient (Wildman–Crippen LogP) is 1.31. The lowest BCUT2D eigenvalue weighted by Gasteiger charge is -2.16. The molecular weight excluding hydrogens is 276 g/mol. The molecule has 6 nitrogen and oxygen atoms in total. The van der Waals surface area contributed by atoms with E-state index in [1.165, 1.54) is 23.9 Å². The molecule has 0 spiro atoms. The van der Waals surface area contributed by atoms with Crippen LogP contribution in [0.4, 0.5) is 5.69 Å². The highest BCUT2D eigenvalue weighted by Crippen LogP contribution is 2.18. The molecule has 108 valence electrons. The van der Waals surface area contributed by atoms with Gasteiger partial charge in [0.1, 0.15) is 0 Å². The normalized spacial score (nSPS) is 11.9. The van der Waals surface area contributed by atoms with E-state index in [4.69, 9.17) is 5.73 Å². The minimum absolute atomic E-state index is 0.0522. The Labute approximate surface area is 118 Å². The maximum absolute atomic E-state index is 12.4. The molecule has 2 aromatic rings. The van der Waals surface area contributed by atoms with E-state index in [0.717, 1.165) is 5.56 Å². The van der Waals surface area contributed by atoms with Gasteiger partial charge in [0.15, 0.2) is 5.03 Å². The highest BCUT2D eigenvalue weighted by atomic mass is 32.2. The van der Waals surface area contributed by atoms with Crippen molar-refractivity contribution in [2.24, 2.45) is 0 Å². The first kappa shape index (κ1) is 14.5. The van der Waals surface area contributed by atoms with E-state index in [1.807, 2.05) is 25.1 Å². The molecule has 0 aliphatic carbocycles. The molecule has 0 aliphatic heterocycles. The molecule has 0 amide bonds. The van der Waals surface area contributed by atoms with Crippen molar-refractivity contribution >= 4 is 15.7 Å². The number of nitrogens with two attached hydrogens (primary N) is 1. The molecule has 0 saturated carbocycles. The van der Waals surface area contributed by atoms with Crippen molar-refractivity contribution in [2.75, 3.05) is 12.8 Å². The second-order valence-corrected chi connectivity index (χ2v) is 6.49. The van der Waals surface area contributed by atoms with Crippen LogP contribution in [-0.2, 0) is 23.1 Å². The van der Waals surface area contributed by atoms with Crippen LogP contribution in [0.3, 0.4) is 0 Å². The maximum Gasteiger partial charge on any atom is 0.262 e. The number of imidazole rings is 1. The fourth-order valence-electron chi connectivity index (χ4n) is 1.81. The first-order chi connectivity index (χ1) is 9.45. The van der Waals surface area contributed by atoms with Crippen LogP contribution in [0.2, 0.25) is 0 Å². The van der Waals surface area contributed by atoms with E-state index in [2.05, 4.69) is 4.98 Å². The van der Waals surface area contributed by atoms with Gasteiger partial charge in [-0.15, -0.1) is 0 Å². The summed E-state index contributed by atoms with van der Waals surface area (Å²) < 4.78 is 27.7. The van der Waals surface area contributed by atoms with Gasteiger partial charge in [0.2, 0.25) is 0 Å². The summed E-state index contributed by atoms with van der Waals surface area (Å²) in [5.41, 5.74) is 7.18. The topological polar surface area (TPSA) is 81.2 Å². The Morgan fingerprint density at radius 3 is 2.65 bits per heavy atom. The Balaban J connectivity index is 2.23. The second-order valence-electron chi connectivity index (χ2n) is 4.50. The van der Waals surface area contributed by atoms with E-state index >= 15 is 0 Å². The maximum atomic E-state index is 12.4. The summed E-state index contributed by atoms with van der Waals surface area (Å²) in [6.45, 7) is 2.82. The lowest BCUT2D eigenvalue weighted by molar-refractivity contribution is 0.464. The molecule has 1 aromatic heterocycles. The number of nitrogens with zero attached hydrogens (tertiary/aromatic N) is 3. The van der Waals surface area contributed by atoms with Crippen LogP contribution in [-0.4, -0.2) is 29.3 Å². The monoisotopic (exact) mass is 294 g/mol. The molecule has 0 aliphatic rings. The number of para-hydroxylation sites is 1. The Morgan fingerprint density at radius 2 is 2.05 bits per heavy atom. The predicted molar refractivity (Wildman–Crippen MR) is 77.4 cm³/mol. The number of sulfonamides is 1. The molecule has 2 rings (SSSR count). The SMILES string of the molecule is CCn1cnc(S(=O)(=O)N(C)Cc2ccccc2N)c1. The van der Waals surface area contributed by atoms with Crippen LogP contribution in [0.15, 0.2) is 41.8 Å². The third-order valence-electron chi connectivity index (χ3n) is 3.10. The van der Waals surface area contributed by atoms with Crippen LogP contribution >= 0.6 is 0 Å². The average molecular weight is 294 g/mol. The molecule has 20 heavy (non-hydrogen) atoms. The van der Waals surface area contributed by atoms with Crippen molar-refractivity contribution < 1.29 is 8.42 Å². The second kappa shape index (κ2) is 5.64. The van der Waals surface area contributed by atoms with Crippen LogP contribution in [0.5, 0.6) is 0 Å². The minimum atomic E-state index is -3.60. The third-order valence-corrected chi connectivity index (χ3v) is 4.79. The van der Waals surface area contributed by atoms with E-state index in [1.54, 1.807) is 10.6 Å². The van der Waals surface area contributed by atoms with Crippen molar-refractivity contribution in [1.82, 2.24) is 13.9 Å². The number of anilines is 1. The quantitative estimate of drug-likeness (QED) is 0.843. The minimum Gasteiger partial charge on any atom is -0.398 e. The molecule has 0 bridgehead atoms. The number of nitrogen functional groups attached to an aromatic ring is 1. The van der Waals surface area contributed by atoms with Gasteiger partial charge in [0.05, 0.1) is 6.33 Å². The summed E-state index contributed by atoms with van der Waals surface area (Å²) in [6, 6.07) is 7.21. The molecule has 0 fully saturated rings. The van der Waals surface area contributed by atoms with Crippen molar-refractivity contribution in [2.45, 2.75) is 25.0 Å². The molecule has 1 heterocycles. The van der Waals surface area contributed by atoms with Gasteiger partial charge in [-0.2, -0.15) is 4.31 Å². The summed E-state index contributed by atoms with van der Waals surface area (Å²) >= 11 is 0. The average Bonchev–Trinajstić information content (AvgIpc) is 2.90. The van der Waals surface area contributed by atoms with Crippen LogP contribution in [0, 0.1) is 0 Å². The molecule has 2 N–H and O–H groups in total. The number of benzene rings is 1. The molecule has 1 aromatic carbocycles. The fraction of sp³-hybridized carbons (Fsp3) is 0.308. The Hall–Kier alpha value is -1.86. The summed E-state index contributed by atoms with van der Waals surface area (Å²) in [6.07, 6.45) is 3.04. The molecule has 0 radical (unpaired) electrons. The fourth-order valence-corrected chi connectivity index (χ4v) is 2.89. The lowest BCUT2D eigenvalue weighted by Crippen LogP contribution is -2.27. The largest absolute Gasteiger partial charge is 0.398 e. The Morgan fingerprint density at radius 1 is 1.35 bits per heavy atom. The molecular formula is C13H18N4O2S. The smallest absolute Gasteiger partial charge is 0.262 e. The number of aromatic nitrogens is 2. The lowest BCUT2D eigenvalue weighted by atomic mass is 10.2. The van der Waals surface area contributed by atoms with Crippen molar-refractivity contribution in [3.63, 3.8) is 0 Å². The van der Waals surface area contributed by atoms with Crippen LogP contribution in [0.25, 0.3) is 0 Å². The van der Waals surface area contributed by atoms with Gasteiger partial charge < -0.3 is 10.3 Å². The first-order valence-corrected chi connectivity index (χ1v) is 7.70. The van der Waals surface area contributed by atoms with Gasteiger partial charge in [0, 0.05) is 32.0 Å². The zero-order valence-corrected chi connectivity index (χ0v) is 12.3. The molecule has 0 saturated heterocycles. The van der Waals surface area contributed by atoms with Gasteiger partial charge in [0.25, 0.3) is 10.0 Å². The number of hydrogen-bond donors (Lipinski definition) is 1. The Kier molecular flexibility index (Phi) is 4.10. The number of rotatable bonds is 5. The van der Waals surface area contributed by atoms with Gasteiger partial charge in [-0.25, -0.2) is 13.4 Å². The van der Waals surface area contributed by atoms with Crippen LogP contribution in [0.1, 0.15) is 12.5 Å². The van der Waals surface area contributed by atoms with Gasteiger partial charge in [-0.05, 0) is 18.6 Å². The zero-order valence-electron chi connectivity index (χ0n) is 11.5. The number of hydrogen-bond acceptors (Lipinski definition) is 4. The molecule has 7 heteroatoms. The van der Waals surface area contributed by atoms with E-state index < -0.39 is 10.0 Å². The van der Waals surface area contributed by atoms with Crippen molar-refractivity contribution in [3.05, 3.63) is 42.4 Å². The van der Waals surface area contributed by atoms with E-state index in [9.17, 15) is 8.42 Å². The summed E-state index contributed by atoms with van der Waals surface area (Å²) in [5, 5.41) is 0.0522. The highest BCUT2D eigenvalue weighted by Gasteiger charge is 2.23. The molecule has 0 unspecified atom stereocenters. The Bertz CT molecular complexity index is 694. The number of aryl methyl sites for hydroxylation is 1. The van der Waals surface area contributed by atoms with Gasteiger partial charge in [-0.3, -0.25) is 0 Å². The van der Waals surface area contributed by atoms with Crippen LogP contribution < -0.4 is 5.73 Å². The summed E-state index contributed by atoms with van der Waals surface area (Å²) in [5.74, 6) is 0. The van der Waals surface area contributed by atoms with Crippen molar-refractivity contribution in [1.29, 1.82) is 0 Å². The van der Waals surface area contributed by atoms with Gasteiger partial charge >= 0.3 is 0 Å². The third kappa shape index (κ3) is 2.83. The van der Waals surface area contributed by atoms with Crippen molar-refractivity contribution in [3.8, 4) is 0 Å². The molecule has 0 atom stereocenters. The van der Waals surface area contributed by atoms with Gasteiger partial charge in [-0.1, -0.05) is 18.2 Å². The standard InChI is InChI=1S/C13H18N4O2S/c1-3-17-9-13(15-10-17)20(18,19)16(2)8-11-6-4-5-7-12(11)14/h4-7,9-10H,3,8,14H2,1-2H3. The van der Waals surface area contributed by atoms with E-state index in [0.29, 0.717) is 12.2 Å². The zero-order chi connectivity index (χ0) is 14.8. The summed E-state index contributed by atoms with van der Waals surface area (Å²) in [4.78, 5) is 3.95. The first-order valence-electron chi connectivity index (χ1n) is 6.26.